The molecule has 0 aliphatic carbocycles. The van der Waals surface area contributed by atoms with E-state index in [1.807, 2.05) is 0 Å². The van der Waals surface area contributed by atoms with E-state index in [-0.39, 0.29) is 19.3 Å². The first-order valence-electron chi connectivity index (χ1n) is 7.97. The number of rotatable bonds is 14. The molecule has 0 aliphatic heterocycles. The highest BCUT2D eigenvalue weighted by atomic mass is 35.5. The fraction of sp³-hybridized carbons (Fsp3) is 1.00. The molecule has 2 heteroatoms. The molecule has 0 heterocycles. The molecule has 0 aromatic heterocycles. The topological polar surface area (TPSA) is 0 Å². The van der Waals surface area contributed by atoms with Gasteiger partial charge < -0.3 is 9.07 Å². The van der Waals surface area contributed by atoms with Gasteiger partial charge >= 0.3 is 19.3 Å². The second kappa shape index (κ2) is 17.1. The van der Waals surface area contributed by atoms with Crippen molar-refractivity contribution in [2.75, 3.05) is 0 Å². The van der Waals surface area contributed by atoms with Crippen LogP contribution in [0.25, 0.3) is 0 Å². The lowest BCUT2D eigenvalue weighted by atomic mass is 10.1. The molecule has 0 aromatic carbocycles. The lowest BCUT2D eigenvalue weighted by Gasteiger charge is -2.02. The Morgan fingerprint density at radius 2 is 0.941 bits per heavy atom. The van der Waals surface area contributed by atoms with Gasteiger partial charge in [0.25, 0.3) is 0 Å². The van der Waals surface area contributed by atoms with E-state index >= 15 is 0 Å². The molecule has 0 amide bonds. The fourth-order valence-corrected chi connectivity index (χ4v) is 3.40. The van der Waals surface area contributed by atoms with Gasteiger partial charge in [0, 0.05) is 0 Å². The molecule has 0 spiro atoms. The van der Waals surface area contributed by atoms with Crippen LogP contribution in [0.4, 0.5) is 0 Å². The molecule has 0 bridgehead atoms. The Morgan fingerprint density at radius 3 is 1.29 bits per heavy atom. The smallest absolute Gasteiger partial charge is 0.346 e. The Hall–Kier alpha value is 1.06. The van der Waals surface area contributed by atoms with Crippen LogP contribution in [0.1, 0.15) is 90.4 Å². The Balaban J connectivity index is 2.85. The van der Waals surface area contributed by atoms with E-state index in [9.17, 15) is 0 Å². The number of hydrogen-bond donors (Lipinski definition) is 0. The van der Waals surface area contributed by atoms with E-state index in [1.165, 1.54) is 88.0 Å². The second-order valence-corrected chi connectivity index (χ2v) is 7.50. The molecule has 0 unspecified atom stereocenters. The fourth-order valence-electron chi connectivity index (χ4n) is 2.29. The summed E-state index contributed by atoms with van der Waals surface area (Å²) >= 11 is -0.174. The highest BCUT2D eigenvalue weighted by Gasteiger charge is 1.94. The minimum absolute atomic E-state index is 0.174. The predicted molar refractivity (Wildman–Crippen MR) is 82.1 cm³/mol. The van der Waals surface area contributed by atoms with Crippen LogP contribution in [0.2, 0.25) is 4.55 Å². The minimum atomic E-state index is -0.174. The van der Waals surface area contributed by atoms with Gasteiger partial charge in [0.05, 0.1) is 0 Å². The molecule has 0 fully saturated rings. The molecular weight excluding hydrogens is 240 g/mol. The molecule has 0 atom stereocenters. The molecule has 17 heavy (non-hydrogen) atoms. The molecule has 0 N–H and O–H groups in total. The van der Waals surface area contributed by atoms with Crippen LogP contribution in [0.3, 0.4) is 0 Å². The molecular formula is C15H31ClMg. The van der Waals surface area contributed by atoms with Crippen LogP contribution >= 0.6 is 9.07 Å². The van der Waals surface area contributed by atoms with Crippen LogP contribution in [0, 0.1) is 0 Å². The highest BCUT2D eigenvalue weighted by Crippen LogP contribution is 2.12. The van der Waals surface area contributed by atoms with Gasteiger partial charge in [-0.15, -0.1) is 4.55 Å². The summed E-state index contributed by atoms with van der Waals surface area (Å²) in [7, 11) is 5.78. The van der Waals surface area contributed by atoms with Crippen molar-refractivity contribution in [2.45, 2.75) is 94.9 Å². The lowest BCUT2D eigenvalue weighted by molar-refractivity contribution is 0.542. The van der Waals surface area contributed by atoms with Crippen molar-refractivity contribution in [2.24, 2.45) is 0 Å². The van der Waals surface area contributed by atoms with Crippen LogP contribution < -0.4 is 0 Å². The summed E-state index contributed by atoms with van der Waals surface area (Å²) in [6.45, 7) is 2.29. The molecule has 0 aromatic rings. The minimum Gasteiger partial charge on any atom is -0.346 e. The van der Waals surface area contributed by atoms with Gasteiger partial charge in [-0.3, -0.25) is 0 Å². The van der Waals surface area contributed by atoms with Gasteiger partial charge in [0.2, 0.25) is 0 Å². The normalized spacial score (nSPS) is 10.5. The molecule has 0 aliphatic rings. The summed E-state index contributed by atoms with van der Waals surface area (Å²) < 4.78 is 1.35. The predicted octanol–water partition coefficient (Wildman–Crippen LogP) is 6.35. The van der Waals surface area contributed by atoms with E-state index in [4.69, 9.17) is 9.07 Å². The van der Waals surface area contributed by atoms with Crippen LogP contribution in [0.5, 0.6) is 0 Å². The van der Waals surface area contributed by atoms with Gasteiger partial charge in [-0.25, -0.2) is 0 Å². The van der Waals surface area contributed by atoms with Gasteiger partial charge in [-0.05, 0) is 0 Å². The van der Waals surface area contributed by atoms with Crippen molar-refractivity contribution >= 4 is 28.3 Å². The van der Waals surface area contributed by atoms with Crippen LogP contribution in [0.15, 0.2) is 0 Å². The maximum Gasteiger partial charge on any atom is 0.501 e. The van der Waals surface area contributed by atoms with Crippen molar-refractivity contribution in [1.82, 2.24) is 0 Å². The summed E-state index contributed by atoms with van der Waals surface area (Å²) in [5, 5.41) is 0. The molecule has 0 rings (SSSR count). The third kappa shape index (κ3) is 17.1. The second-order valence-electron chi connectivity index (χ2n) is 5.29. The number of hydrogen-bond acceptors (Lipinski definition) is 0. The SMILES string of the molecule is CCCCCCCCCCCCCC[CH2][Mg][Cl]. The Bertz CT molecular complexity index is 114. The first kappa shape index (κ1) is 18.1. The summed E-state index contributed by atoms with van der Waals surface area (Å²) in [6, 6.07) is 0. The summed E-state index contributed by atoms with van der Waals surface area (Å²) in [5.41, 5.74) is 0. The third-order valence-corrected chi connectivity index (χ3v) is 5.06. The zero-order valence-corrected chi connectivity index (χ0v) is 14.2. The summed E-state index contributed by atoms with van der Waals surface area (Å²) in [5.74, 6) is 0. The number of unbranched alkanes of at least 4 members (excludes halogenated alkanes) is 12. The molecule has 0 saturated heterocycles. The van der Waals surface area contributed by atoms with Crippen molar-refractivity contribution in [3.8, 4) is 0 Å². The van der Waals surface area contributed by atoms with Gasteiger partial charge in [-0.2, -0.15) is 0 Å². The van der Waals surface area contributed by atoms with E-state index in [0.29, 0.717) is 0 Å². The first-order chi connectivity index (χ1) is 8.41. The Morgan fingerprint density at radius 1 is 0.588 bits per heavy atom. The van der Waals surface area contributed by atoms with E-state index in [1.54, 1.807) is 0 Å². The maximum atomic E-state index is 5.78. The highest BCUT2D eigenvalue weighted by molar-refractivity contribution is 6.93. The van der Waals surface area contributed by atoms with E-state index < -0.39 is 0 Å². The van der Waals surface area contributed by atoms with Crippen LogP contribution in [-0.4, -0.2) is 19.3 Å². The average molecular weight is 271 g/mol. The summed E-state index contributed by atoms with van der Waals surface area (Å²) in [6.07, 6.45) is 18.8. The largest absolute Gasteiger partial charge is 0.501 e. The van der Waals surface area contributed by atoms with Crippen LogP contribution in [-0.2, 0) is 0 Å². The zero-order valence-electron chi connectivity index (χ0n) is 12.0. The maximum absolute atomic E-state index is 5.78. The average Bonchev–Trinajstić information content (AvgIpc) is 2.35. The standard InChI is InChI=1S/C15H31.ClH.Mg/c1-3-5-7-9-11-13-15-14-12-10-8-6-4-2;;/h1,3-15H2,2H3;1H;/q;;+1/p-1. The molecule has 0 radical (unpaired) electrons. The quantitative estimate of drug-likeness (QED) is 0.255. The van der Waals surface area contributed by atoms with E-state index in [2.05, 4.69) is 6.92 Å². The first-order valence-corrected chi connectivity index (χ1v) is 11.1. The zero-order chi connectivity index (χ0) is 12.6. The Labute approximate surface area is 123 Å². The van der Waals surface area contributed by atoms with Crippen molar-refractivity contribution in [3.05, 3.63) is 0 Å². The van der Waals surface area contributed by atoms with Crippen molar-refractivity contribution < 1.29 is 0 Å². The number of halogens is 1. The molecule has 0 saturated carbocycles. The monoisotopic (exact) mass is 270 g/mol. The van der Waals surface area contributed by atoms with E-state index in [0.717, 1.165) is 0 Å². The molecule has 0 nitrogen and oxygen atoms in total. The van der Waals surface area contributed by atoms with Crippen molar-refractivity contribution in [3.63, 3.8) is 0 Å². The van der Waals surface area contributed by atoms with Crippen molar-refractivity contribution in [1.29, 1.82) is 0 Å². The summed E-state index contributed by atoms with van der Waals surface area (Å²) in [4.78, 5) is 0. The molecule has 100 valence electrons. The third-order valence-electron chi connectivity index (χ3n) is 3.49. The van der Waals surface area contributed by atoms with Gasteiger partial charge in [0.1, 0.15) is 0 Å². The van der Waals surface area contributed by atoms with Gasteiger partial charge in [-0.1, -0.05) is 90.4 Å². The Kier molecular flexibility index (Phi) is 18.1. The van der Waals surface area contributed by atoms with Gasteiger partial charge in [0.15, 0.2) is 0 Å². The lowest BCUT2D eigenvalue weighted by Crippen LogP contribution is -1.83.